The van der Waals surface area contributed by atoms with Crippen molar-refractivity contribution in [1.82, 2.24) is 14.9 Å². The molecule has 0 spiro atoms. The molecule has 0 bridgehead atoms. The summed E-state index contributed by atoms with van der Waals surface area (Å²) in [7, 11) is 0. The van der Waals surface area contributed by atoms with Crippen molar-refractivity contribution >= 4 is 23.8 Å². The molecule has 108 valence electrons. The normalized spacial score (nSPS) is 10.6. The summed E-state index contributed by atoms with van der Waals surface area (Å²) in [4.78, 5) is 0. The second kappa shape index (κ2) is 6.76. The van der Waals surface area contributed by atoms with E-state index in [1.807, 2.05) is 25.1 Å². The van der Waals surface area contributed by atoms with Crippen molar-refractivity contribution in [3.8, 4) is 5.75 Å². The lowest BCUT2D eigenvalue weighted by Gasteiger charge is -2.13. The lowest BCUT2D eigenvalue weighted by Crippen LogP contribution is -2.16. The number of ether oxygens (including phenoxy) is 1. The predicted molar refractivity (Wildman–Crippen MR) is 82.5 cm³/mol. The highest BCUT2D eigenvalue weighted by Gasteiger charge is 2.06. The van der Waals surface area contributed by atoms with Gasteiger partial charge in [-0.25, -0.2) is 4.68 Å². The van der Waals surface area contributed by atoms with Crippen molar-refractivity contribution in [2.75, 3.05) is 12.0 Å². The van der Waals surface area contributed by atoms with Crippen molar-refractivity contribution in [3.63, 3.8) is 0 Å². The van der Waals surface area contributed by atoms with Gasteiger partial charge in [0.2, 0.25) is 4.77 Å². The first-order chi connectivity index (χ1) is 9.61. The second-order valence-electron chi connectivity index (χ2n) is 4.35. The zero-order valence-corrected chi connectivity index (χ0v) is 13.0. The SMILES string of the molecule is CCCOc1ccc(Cl)cc1CNn1c(C)n[nH]c1=S. The van der Waals surface area contributed by atoms with E-state index in [0.717, 1.165) is 23.6 Å². The van der Waals surface area contributed by atoms with Gasteiger partial charge in [0, 0.05) is 10.6 Å². The van der Waals surface area contributed by atoms with Crippen molar-refractivity contribution in [2.24, 2.45) is 0 Å². The molecule has 0 radical (unpaired) electrons. The fraction of sp³-hybridized carbons (Fsp3) is 0.385. The average molecular weight is 313 g/mol. The van der Waals surface area contributed by atoms with Crippen LogP contribution in [0.4, 0.5) is 0 Å². The van der Waals surface area contributed by atoms with Crippen molar-refractivity contribution in [3.05, 3.63) is 39.4 Å². The van der Waals surface area contributed by atoms with Gasteiger partial charge in [-0.2, -0.15) is 5.10 Å². The van der Waals surface area contributed by atoms with Gasteiger partial charge in [0.15, 0.2) is 0 Å². The molecule has 5 nitrogen and oxygen atoms in total. The monoisotopic (exact) mass is 312 g/mol. The number of nitrogens with one attached hydrogen (secondary N) is 2. The summed E-state index contributed by atoms with van der Waals surface area (Å²) in [5.41, 5.74) is 4.18. The number of halogens is 1. The molecule has 0 unspecified atom stereocenters. The largest absolute Gasteiger partial charge is 0.493 e. The van der Waals surface area contributed by atoms with Crippen LogP contribution in [0.1, 0.15) is 24.7 Å². The van der Waals surface area contributed by atoms with E-state index in [0.29, 0.717) is 22.9 Å². The van der Waals surface area contributed by atoms with E-state index in [2.05, 4.69) is 22.5 Å². The maximum absolute atomic E-state index is 6.04. The molecule has 0 saturated carbocycles. The van der Waals surface area contributed by atoms with Gasteiger partial charge in [-0.05, 0) is 43.8 Å². The van der Waals surface area contributed by atoms with E-state index in [4.69, 9.17) is 28.6 Å². The molecule has 1 heterocycles. The molecule has 1 aromatic carbocycles. The van der Waals surface area contributed by atoms with Gasteiger partial charge >= 0.3 is 0 Å². The number of nitrogens with zero attached hydrogens (tertiary/aromatic N) is 2. The fourth-order valence-corrected chi connectivity index (χ4v) is 2.20. The van der Waals surface area contributed by atoms with Crippen LogP contribution in [0.2, 0.25) is 5.02 Å². The number of aryl methyl sites for hydroxylation is 1. The molecule has 0 atom stereocenters. The van der Waals surface area contributed by atoms with E-state index in [1.165, 1.54) is 0 Å². The first-order valence-corrected chi connectivity index (χ1v) is 7.19. The number of rotatable bonds is 6. The van der Waals surface area contributed by atoms with Crippen LogP contribution in [0, 0.1) is 11.7 Å². The van der Waals surface area contributed by atoms with E-state index in [-0.39, 0.29) is 0 Å². The van der Waals surface area contributed by atoms with E-state index in [9.17, 15) is 0 Å². The summed E-state index contributed by atoms with van der Waals surface area (Å²) in [6.45, 7) is 5.17. The van der Waals surface area contributed by atoms with Gasteiger partial charge < -0.3 is 10.2 Å². The maximum Gasteiger partial charge on any atom is 0.214 e. The van der Waals surface area contributed by atoms with Crippen LogP contribution in [0.5, 0.6) is 5.75 Å². The molecular weight excluding hydrogens is 296 g/mol. The lowest BCUT2D eigenvalue weighted by molar-refractivity contribution is 0.314. The molecule has 0 aliphatic rings. The number of hydrogen-bond acceptors (Lipinski definition) is 4. The molecule has 0 fully saturated rings. The van der Waals surface area contributed by atoms with Crippen LogP contribution in [0.25, 0.3) is 0 Å². The first-order valence-electron chi connectivity index (χ1n) is 6.41. The Labute approximate surface area is 127 Å². The quantitative estimate of drug-likeness (QED) is 0.802. The second-order valence-corrected chi connectivity index (χ2v) is 5.17. The van der Waals surface area contributed by atoms with E-state index in [1.54, 1.807) is 4.68 Å². The van der Waals surface area contributed by atoms with E-state index >= 15 is 0 Å². The lowest BCUT2D eigenvalue weighted by atomic mass is 10.2. The molecule has 0 amide bonds. The highest BCUT2D eigenvalue weighted by atomic mass is 35.5. The van der Waals surface area contributed by atoms with Crippen LogP contribution >= 0.6 is 23.8 Å². The fourth-order valence-electron chi connectivity index (χ4n) is 1.77. The molecule has 2 N–H and O–H groups in total. The molecule has 0 saturated heterocycles. The Kier molecular flexibility index (Phi) is 5.03. The van der Waals surface area contributed by atoms with Gasteiger partial charge in [0.05, 0.1) is 13.2 Å². The molecule has 7 heteroatoms. The molecule has 0 aliphatic carbocycles. The molecule has 20 heavy (non-hydrogen) atoms. The van der Waals surface area contributed by atoms with Crippen molar-refractivity contribution in [1.29, 1.82) is 0 Å². The number of aromatic amines is 1. The summed E-state index contributed by atoms with van der Waals surface area (Å²) in [5, 5.41) is 7.45. The van der Waals surface area contributed by atoms with Gasteiger partial charge in [-0.3, -0.25) is 5.10 Å². The molecule has 2 rings (SSSR count). The van der Waals surface area contributed by atoms with Crippen LogP contribution < -0.4 is 10.2 Å². The summed E-state index contributed by atoms with van der Waals surface area (Å²) >= 11 is 11.2. The highest BCUT2D eigenvalue weighted by molar-refractivity contribution is 7.71. The number of H-pyrrole nitrogens is 1. The third-order valence-electron chi connectivity index (χ3n) is 2.75. The zero-order chi connectivity index (χ0) is 14.5. The Balaban J connectivity index is 2.15. The van der Waals surface area contributed by atoms with Gasteiger partial charge in [0.1, 0.15) is 11.6 Å². The topological polar surface area (TPSA) is 54.9 Å². The third kappa shape index (κ3) is 3.52. The Morgan fingerprint density at radius 3 is 2.95 bits per heavy atom. The Bertz CT molecular complexity index is 638. The summed E-state index contributed by atoms with van der Waals surface area (Å²) in [6.07, 6.45) is 0.960. The standard InChI is InChI=1S/C13H17ClN4OS/c1-3-6-19-12-5-4-11(14)7-10(12)8-15-18-9(2)16-17-13(18)20/h4-5,7,15H,3,6,8H2,1-2H3,(H,17,20). The minimum atomic E-state index is 0.528. The van der Waals surface area contributed by atoms with Gasteiger partial charge in [-0.15, -0.1) is 0 Å². The average Bonchev–Trinajstić information content (AvgIpc) is 2.75. The van der Waals surface area contributed by atoms with Crippen LogP contribution in [0.3, 0.4) is 0 Å². The minimum Gasteiger partial charge on any atom is -0.493 e. The van der Waals surface area contributed by atoms with Crippen LogP contribution in [0.15, 0.2) is 18.2 Å². The summed E-state index contributed by atoms with van der Waals surface area (Å²) in [5.74, 6) is 1.60. The van der Waals surface area contributed by atoms with Gasteiger partial charge in [0.25, 0.3) is 0 Å². The predicted octanol–water partition coefficient (Wildman–Crippen LogP) is 3.44. The summed E-state index contributed by atoms with van der Waals surface area (Å²) in [6, 6.07) is 5.60. The molecule has 1 aromatic heterocycles. The Morgan fingerprint density at radius 2 is 2.30 bits per heavy atom. The van der Waals surface area contributed by atoms with Crippen molar-refractivity contribution in [2.45, 2.75) is 26.8 Å². The molecule has 0 aliphatic heterocycles. The van der Waals surface area contributed by atoms with Crippen molar-refractivity contribution < 1.29 is 4.74 Å². The Hall–Kier alpha value is -1.53. The maximum atomic E-state index is 6.04. The number of hydrogen-bond donors (Lipinski definition) is 2. The molecule has 2 aromatic rings. The number of benzene rings is 1. The van der Waals surface area contributed by atoms with Crippen LogP contribution in [-0.4, -0.2) is 21.5 Å². The molecular formula is C13H17ClN4OS. The first kappa shape index (κ1) is 14.9. The van der Waals surface area contributed by atoms with Gasteiger partial charge in [-0.1, -0.05) is 18.5 Å². The zero-order valence-electron chi connectivity index (χ0n) is 11.4. The number of aromatic nitrogens is 3. The third-order valence-corrected chi connectivity index (χ3v) is 3.26. The Morgan fingerprint density at radius 1 is 1.50 bits per heavy atom. The summed E-state index contributed by atoms with van der Waals surface area (Å²) < 4.78 is 7.96. The smallest absolute Gasteiger partial charge is 0.214 e. The van der Waals surface area contributed by atoms with E-state index < -0.39 is 0 Å². The highest BCUT2D eigenvalue weighted by Crippen LogP contribution is 2.23. The minimum absolute atomic E-state index is 0.528. The van der Waals surface area contributed by atoms with Crippen LogP contribution in [-0.2, 0) is 6.54 Å².